The number of nitrogens with one attached hydrogen (secondary N) is 1. The van der Waals surface area contributed by atoms with Gasteiger partial charge in [0.1, 0.15) is 6.61 Å². The second kappa shape index (κ2) is 8.74. The smallest absolute Gasteiger partial charge is 0.251 e. The number of ether oxygens (including phenoxy) is 3. The van der Waals surface area contributed by atoms with E-state index in [9.17, 15) is 4.79 Å². The van der Waals surface area contributed by atoms with Crippen molar-refractivity contribution in [2.75, 3.05) is 33.9 Å². The lowest BCUT2D eigenvalue weighted by molar-refractivity contribution is 0.0620. The number of fused-ring (bicyclic) bond motifs is 3. The summed E-state index contributed by atoms with van der Waals surface area (Å²) < 4.78 is 17.0. The molecule has 1 amide bonds. The van der Waals surface area contributed by atoms with Crippen molar-refractivity contribution in [3.8, 4) is 17.2 Å². The summed E-state index contributed by atoms with van der Waals surface area (Å²) in [6.07, 6.45) is 2.31. The van der Waals surface area contributed by atoms with E-state index in [4.69, 9.17) is 14.2 Å². The summed E-state index contributed by atoms with van der Waals surface area (Å²) >= 11 is 0. The van der Waals surface area contributed by atoms with Crippen molar-refractivity contribution in [3.05, 3.63) is 53.6 Å². The molecule has 0 aliphatic carbocycles. The molecule has 154 valence electrons. The Morgan fingerprint density at radius 2 is 1.72 bits per heavy atom. The molecule has 29 heavy (non-hydrogen) atoms. The topological polar surface area (TPSA) is 60.0 Å². The lowest BCUT2D eigenvalue weighted by atomic mass is 9.84. The number of carbonyl (C=O) groups excluding carboxylic acids is 1. The van der Waals surface area contributed by atoms with Crippen LogP contribution in [0.2, 0.25) is 0 Å². The third-order valence-electron chi connectivity index (χ3n) is 5.92. The zero-order chi connectivity index (χ0) is 20.2. The molecule has 1 atom stereocenters. The van der Waals surface area contributed by atoms with E-state index < -0.39 is 0 Å². The van der Waals surface area contributed by atoms with Gasteiger partial charge < -0.3 is 24.4 Å². The Morgan fingerprint density at radius 3 is 2.28 bits per heavy atom. The van der Waals surface area contributed by atoms with Gasteiger partial charge in [0.15, 0.2) is 11.5 Å². The third-order valence-corrected chi connectivity index (χ3v) is 5.92. The highest BCUT2D eigenvalue weighted by Crippen LogP contribution is 2.39. The van der Waals surface area contributed by atoms with Crippen LogP contribution < -0.4 is 19.5 Å². The van der Waals surface area contributed by atoms with Gasteiger partial charge >= 0.3 is 0 Å². The first-order valence-corrected chi connectivity index (χ1v) is 10.1. The van der Waals surface area contributed by atoms with Crippen LogP contribution in [0.25, 0.3) is 0 Å². The molecule has 1 N–H and O–H groups in total. The number of methoxy groups -OCH3 is 2. The molecule has 0 aromatic heterocycles. The molecule has 3 heterocycles. The summed E-state index contributed by atoms with van der Waals surface area (Å²) in [6.45, 7) is 3.61. The van der Waals surface area contributed by atoms with Gasteiger partial charge in [-0.3, -0.25) is 4.79 Å². The minimum absolute atomic E-state index is 0.102. The molecule has 3 saturated heterocycles. The van der Waals surface area contributed by atoms with E-state index in [1.54, 1.807) is 26.4 Å². The molecule has 6 heteroatoms. The molecule has 0 spiro atoms. The standard InChI is InChI=1S/C23H28N2O4/c1-27-20-12-18(23(26)24-19-14-25-10-8-17(19)9-11-25)13-21(28-2)22(20)29-15-16-6-4-3-5-7-16/h3-7,12-13,17,19H,8-11,14-15H2,1-2H3,(H,24,26)/t19-/m0/s1. The molecule has 3 aliphatic heterocycles. The SMILES string of the molecule is COc1cc(C(=O)N[C@H]2CN3CCC2CC3)cc(OC)c1OCc1ccccc1. The average molecular weight is 396 g/mol. The van der Waals surface area contributed by atoms with E-state index in [1.807, 2.05) is 30.3 Å². The molecule has 2 bridgehead atoms. The molecule has 5 rings (SSSR count). The van der Waals surface area contributed by atoms with Crippen molar-refractivity contribution in [1.29, 1.82) is 0 Å². The second-order valence-electron chi connectivity index (χ2n) is 7.70. The molecule has 3 aliphatic rings. The lowest BCUT2D eigenvalue weighted by Crippen LogP contribution is -2.57. The average Bonchev–Trinajstić information content (AvgIpc) is 2.78. The number of piperidine rings is 3. The van der Waals surface area contributed by atoms with Gasteiger partial charge in [0, 0.05) is 18.2 Å². The number of hydrogen-bond donors (Lipinski definition) is 1. The third kappa shape index (κ3) is 4.32. The fourth-order valence-electron chi connectivity index (χ4n) is 4.26. The van der Waals surface area contributed by atoms with Gasteiger partial charge in [0.25, 0.3) is 5.91 Å². The number of nitrogens with zero attached hydrogens (tertiary/aromatic N) is 1. The van der Waals surface area contributed by atoms with Crippen molar-refractivity contribution in [2.45, 2.75) is 25.5 Å². The number of hydrogen-bond acceptors (Lipinski definition) is 5. The Hall–Kier alpha value is -2.73. The molecule has 0 radical (unpaired) electrons. The van der Waals surface area contributed by atoms with E-state index in [0.29, 0.717) is 35.3 Å². The fraction of sp³-hybridized carbons (Fsp3) is 0.435. The highest BCUT2D eigenvalue weighted by atomic mass is 16.5. The Balaban J connectivity index is 1.51. The predicted octanol–water partition coefficient (Wildman–Crippen LogP) is 3.11. The van der Waals surface area contributed by atoms with E-state index in [-0.39, 0.29) is 11.9 Å². The van der Waals surface area contributed by atoms with Crippen LogP contribution in [0, 0.1) is 5.92 Å². The van der Waals surface area contributed by atoms with Crippen LogP contribution in [0.3, 0.4) is 0 Å². The van der Waals surface area contributed by atoms with Crippen LogP contribution in [0.15, 0.2) is 42.5 Å². The Bertz CT molecular complexity index is 822. The first kappa shape index (κ1) is 19.6. The number of rotatable bonds is 7. The van der Waals surface area contributed by atoms with Crippen LogP contribution >= 0.6 is 0 Å². The maximum absolute atomic E-state index is 12.9. The summed E-state index contributed by atoms with van der Waals surface area (Å²) in [5, 5.41) is 3.21. The number of carbonyl (C=O) groups is 1. The predicted molar refractivity (Wildman–Crippen MR) is 111 cm³/mol. The molecule has 2 aromatic carbocycles. The van der Waals surface area contributed by atoms with Crippen molar-refractivity contribution in [3.63, 3.8) is 0 Å². The van der Waals surface area contributed by atoms with Gasteiger partial charge in [-0.1, -0.05) is 30.3 Å². The zero-order valence-corrected chi connectivity index (χ0v) is 17.0. The summed E-state index contributed by atoms with van der Waals surface area (Å²) in [7, 11) is 3.14. The zero-order valence-electron chi connectivity index (χ0n) is 17.0. The Morgan fingerprint density at radius 1 is 1.07 bits per heavy atom. The Kier molecular flexibility index (Phi) is 5.90. The fourth-order valence-corrected chi connectivity index (χ4v) is 4.26. The van der Waals surface area contributed by atoms with E-state index in [2.05, 4.69) is 10.2 Å². The minimum Gasteiger partial charge on any atom is -0.493 e. The van der Waals surface area contributed by atoms with Gasteiger partial charge in [-0.2, -0.15) is 0 Å². The molecule has 0 saturated carbocycles. The highest BCUT2D eigenvalue weighted by Gasteiger charge is 2.35. The maximum atomic E-state index is 12.9. The van der Waals surface area contributed by atoms with Crippen molar-refractivity contribution >= 4 is 5.91 Å². The molecule has 6 nitrogen and oxygen atoms in total. The van der Waals surface area contributed by atoms with Crippen LogP contribution in [-0.2, 0) is 6.61 Å². The summed E-state index contributed by atoms with van der Waals surface area (Å²) in [5.74, 6) is 1.94. The number of benzene rings is 2. The summed E-state index contributed by atoms with van der Waals surface area (Å²) in [6, 6.07) is 13.5. The highest BCUT2D eigenvalue weighted by molar-refractivity contribution is 5.95. The quantitative estimate of drug-likeness (QED) is 0.779. The Labute approximate surface area is 171 Å². The molecular weight excluding hydrogens is 368 g/mol. The van der Waals surface area contributed by atoms with Gasteiger partial charge in [0.2, 0.25) is 5.75 Å². The number of amides is 1. The summed E-state index contributed by atoms with van der Waals surface area (Å²) in [5.41, 5.74) is 1.56. The van der Waals surface area contributed by atoms with Crippen molar-refractivity contribution < 1.29 is 19.0 Å². The monoisotopic (exact) mass is 396 g/mol. The largest absolute Gasteiger partial charge is 0.493 e. The first-order chi connectivity index (χ1) is 14.2. The van der Waals surface area contributed by atoms with Crippen LogP contribution in [0.1, 0.15) is 28.8 Å². The molecular formula is C23H28N2O4. The molecule has 0 unspecified atom stereocenters. The van der Waals surface area contributed by atoms with Crippen LogP contribution in [-0.4, -0.2) is 50.7 Å². The van der Waals surface area contributed by atoms with Crippen molar-refractivity contribution in [2.24, 2.45) is 5.92 Å². The van der Waals surface area contributed by atoms with Crippen LogP contribution in [0.5, 0.6) is 17.2 Å². The first-order valence-electron chi connectivity index (χ1n) is 10.1. The van der Waals surface area contributed by atoms with Gasteiger partial charge in [-0.15, -0.1) is 0 Å². The second-order valence-corrected chi connectivity index (χ2v) is 7.70. The van der Waals surface area contributed by atoms with E-state index in [0.717, 1.165) is 38.0 Å². The van der Waals surface area contributed by atoms with E-state index in [1.165, 1.54) is 0 Å². The molecule has 2 aromatic rings. The molecule has 3 fully saturated rings. The van der Waals surface area contributed by atoms with Gasteiger partial charge in [-0.05, 0) is 49.5 Å². The normalized spacial score (nSPS) is 22.8. The summed E-state index contributed by atoms with van der Waals surface area (Å²) in [4.78, 5) is 15.4. The minimum atomic E-state index is -0.102. The van der Waals surface area contributed by atoms with Gasteiger partial charge in [0.05, 0.1) is 14.2 Å². The van der Waals surface area contributed by atoms with E-state index >= 15 is 0 Å². The van der Waals surface area contributed by atoms with Crippen LogP contribution in [0.4, 0.5) is 0 Å². The lowest BCUT2D eigenvalue weighted by Gasteiger charge is -2.44. The van der Waals surface area contributed by atoms with Crippen molar-refractivity contribution in [1.82, 2.24) is 10.2 Å². The van der Waals surface area contributed by atoms with Gasteiger partial charge in [-0.25, -0.2) is 0 Å². The maximum Gasteiger partial charge on any atom is 0.251 e.